The van der Waals surface area contributed by atoms with Crippen LogP contribution in [-0.2, 0) is 16.1 Å². The summed E-state index contributed by atoms with van der Waals surface area (Å²) in [5.74, 6) is -2.82. The lowest BCUT2D eigenvalue weighted by Gasteiger charge is -2.18. The van der Waals surface area contributed by atoms with Crippen molar-refractivity contribution in [2.45, 2.75) is 25.4 Å². The number of hydrogen-bond acceptors (Lipinski definition) is 3. The summed E-state index contributed by atoms with van der Waals surface area (Å²) in [5, 5.41) is 14.2. The van der Waals surface area contributed by atoms with Gasteiger partial charge in [-0.1, -0.05) is 66.7 Å². The van der Waals surface area contributed by atoms with Crippen LogP contribution < -0.4 is 10.6 Å². The molecule has 3 N–H and O–H groups in total. The fraction of sp³-hybridized carbons (Fsp3) is 0.160. The average molecular weight is 434 g/mol. The van der Waals surface area contributed by atoms with Crippen LogP contribution in [0.2, 0.25) is 0 Å². The van der Waals surface area contributed by atoms with E-state index in [-0.39, 0.29) is 24.9 Å². The first-order valence-electron chi connectivity index (χ1n) is 10.1. The van der Waals surface area contributed by atoms with Gasteiger partial charge in [-0.3, -0.25) is 14.4 Å². The van der Waals surface area contributed by atoms with E-state index in [1.54, 1.807) is 24.3 Å². The van der Waals surface area contributed by atoms with Crippen LogP contribution in [0.1, 0.15) is 28.8 Å². The topological polar surface area (TPSA) is 95.5 Å². The first kappa shape index (κ1) is 22.7. The van der Waals surface area contributed by atoms with E-state index in [2.05, 4.69) is 10.6 Å². The molecule has 3 aromatic carbocycles. The molecule has 0 aliphatic heterocycles. The molecule has 164 valence electrons. The van der Waals surface area contributed by atoms with Gasteiger partial charge in [-0.05, 0) is 29.7 Å². The third-order valence-corrected chi connectivity index (χ3v) is 4.89. The predicted octanol–water partition coefficient (Wildman–Crippen LogP) is 3.77. The molecule has 0 fully saturated rings. The summed E-state index contributed by atoms with van der Waals surface area (Å²) in [6.45, 7) is 0.236. The Morgan fingerprint density at radius 3 is 2.19 bits per heavy atom. The van der Waals surface area contributed by atoms with Gasteiger partial charge in [0.25, 0.3) is 5.91 Å². The van der Waals surface area contributed by atoms with Gasteiger partial charge < -0.3 is 15.7 Å². The van der Waals surface area contributed by atoms with Crippen molar-refractivity contribution >= 4 is 17.8 Å². The van der Waals surface area contributed by atoms with Crippen LogP contribution in [0.15, 0.2) is 78.9 Å². The van der Waals surface area contributed by atoms with Gasteiger partial charge in [0.05, 0.1) is 0 Å². The second-order valence-corrected chi connectivity index (χ2v) is 7.22. The molecular formula is C25H23FN2O4. The molecule has 0 aliphatic carbocycles. The predicted molar refractivity (Wildman–Crippen MR) is 118 cm³/mol. The Balaban J connectivity index is 1.70. The molecule has 1 atom stereocenters. The summed E-state index contributed by atoms with van der Waals surface area (Å²) >= 11 is 0. The highest BCUT2D eigenvalue weighted by atomic mass is 19.1. The Labute approximate surface area is 185 Å². The molecule has 2 amide bonds. The summed E-state index contributed by atoms with van der Waals surface area (Å²) in [5.41, 5.74) is 1.93. The van der Waals surface area contributed by atoms with E-state index in [1.165, 1.54) is 12.1 Å². The lowest BCUT2D eigenvalue weighted by Crippen LogP contribution is -2.46. The maximum atomic E-state index is 14.6. The number of amides is 2. The summed E-state index contributed by atoms with van der Waals surface area (Å²) in [4.78, 5) is 36.3. The van der Waals surface area contributed by atoms with Crippen molar-refractivity contribution in [1.29, 1.82) is 0 Å². The van der Waals surface area contributed by atoms with Crippen molar-refractivity contribution < 1.29 is 23.9 Å². The molecule has 6 nitrogen and oxygen atoms in total. The van der Waals surface area contributed by atoms with Crippen molar-refractivity contribution in [2.24, 2.45) is 0 Å². The zero-order chi connectivity index (χ0) is 22.9. The summed E-state index contributed by atoms with van der Waals surface area (Å²) in [6.07, 6.45) is -0.392. The largest absolute Gasteiger partial charge is 0.481 e. The first-order chi connectivity index (χ1) is 15.4. The van der Waals surface area contributed by atoms with Gasteiger partial charge in [0.1, 0.15) is 11.9 Å². The minimum Gasteiger partial charge on any atom is -0.481 e. The van der Waals surface area contributed by atoms with Crippen LogP contribution in [0.25, 0.3) is 11.1 Å². The van der Waals surface area contributed by atoms with Crippen molar-refractivity contribution in [3.8, 4) is 11.1 Å². The number of carbonyl (C=O) groups excluding carboxylic acids is 2. The minimum absolute atomic E-state index is 0.0402. The van der Waals surface area contributed by atoms with Gasteiger partial charge >= 0.3 is 5.97 Å². The molecule has 7 heteroatoms. The van der Waals surface area contributed by atoms with Crippen LogP contribution in [0.4, 0.5) is 4.39 Å². The fourth-order valence-corrected chi connectivity index (χ4v) is 3.19. The third-order valence-electron chi connectivity index (χ3n) is 4.89. The second kappa shape index (κ2) is 10.9. The van der Waals surface area contributed by atoms with Gasteiger partial charge in [0.2, 0.25) is 5.91 Å². The van der Waals surface area contributed by atoms with E-state index >= 15 is 0 Å². The number of hydrogen-bond donors (Lipinski definition) is 3. The fourth-order valence-electron chi connectivity index (χ4n) is 3.19. The molecular weight excluding hydrogens is 411 g/mol. The van der Waals surface area contributed by atoms with Gasteiger partial charge in [-0.25, -0.2) is 4.39 Å². The normalized spacial score (nSPS) is 11.4. The van der Waals surface area contributed by atoms with Gasteiger partial charge in [-0.15, -0.1) is 0 Å². The summed E-state index contributed by atoms with van der Waals surface area (Å²) in [7, 11) is 0. The highest BCUT2D eigenvalue weighted by Crippen LogP contribution is 2.23. The molecule has 0 saturated heterocycles. The third kappa shape index (κ3) is 6.25. The molecule has 3 rings (SSSR count). The molecule has 32 heavy (non-hydrogen) atoms. The van der Waals surface area contributed by atoms with Gasteiger partial charge in [0.15, 0.2) is 0 Å². The minimum atomic E-state index is -1.08. The quantitative estimate of drug-likeness (QED) is 0.478. The molecule has 3 aromatic rings. The number of carboxylic acid groups (broad SMARTS) is 1. The van der Waals surface area contributed by atoms with Crippen LogP contribution in [0.3, 0.4) is 0 Å². The number of aliphatic carboxylic acids is 1. The van der Waals surface area contributed by atoms with Crippen molar-refractivity contribution in [3.05, 3.63) is 95.8 Å². The lowest BCUT2D eigenvalue weighted by molar-refractivity contribution is -0.137. The van der Waals surface area contributed by atoms with Crippen LogP contribution in [0, 0.1) is 5.82 Å². The van der Waals surface area contributed by atoms with E-state index in [0.717, 1.165) is 11.6 Å². The van der Waals surface area contributed by atoms with Crippen LogP contribution in [0.5, 0.6) is 0 Å². The Morgan fingerprint density at radius 2 is 1.56 bits per heavy atom. The van der Waals surface area contributed by atoms with Gasteiger partial charge in [-0.2, -0.15) is 0 Å². The number of carbonyl (C=O) groups is 3. The average Bonchev–Trinajstić information content (AvgIpc) is 2.81. The monoisotopic (exact) mass is 434 g/mol. The van der Waals surface area contributed by atoms with E-state index in [4.69, 9.17) is 5.11 Å². The molecule has 0 aromatic heterocycles. The van der Waals surface area contributed by atoms with Crippen molar-refractivity contribution in [3.63, 3.8) is 0 Å². The molecule has 0 heterocycles. The summed E-state index contributed by atoms with van der Waals surface area (Å²) in [6, 6.07) is 21.1. The molecule has 0 unspecified atom stereocenters. The van der Waals surface area contributed by atoms with Gasteiger partial charge in [0, 0.05) is 24.1 Å². The lowest BCUT2D eigenvalue weighted by atomic mass is 10.0. The number of rotatable bonds is 9. The Morgan fingerprint density at radius 1 is 0.906 bits per heavy atom. The zero-order valence-electron chi connectivity index (χ0n) is 17.3. The Hall–Kier alpha value is -4.00. The van der Waals surface area contributed by atoms with Crippen LogP contribution in [-0.4, -0.2) is 28.9 Å². The number of carboxylic acids is 1. The molecule has 0 saturated carbocycles. The van der Waals surface area contributed by atoms with E-state index in [9.17, 15) is 18.8 Å². The molecule has 0 aliphatic rings. The maximum Gasteiger partial charge on any atom is 0.303 e. The zero-order valence-corrected chi connectivity index (χ0v) is 17.3. The van der Waals surface area contributed by atoms with E-state index < -0.39 is 29.6 Å². The molecule has 0 spiro atoms. The Bertz CT molecular complexity index is 1090. The van der Waals surface area contributed by atoms with E-state index in [0.29, 0.717) is 11.1 Å². The number of benzene rings is 3. The summed E-state index contributed by atoms with van der Waals surface area (Å²) < 4.78 is 14.6. The standard InChI is InChI=1S/C25H23FN2O4/c26-21-15-19(11-12-20(21)18-9-5-2-6-10-18)24(31)28-22(13-14-23(29)30)25(32)27-16-17-7-3-1-4-8-17/h1-12,15,22H,13-14,16H2,(H,27,32)(H,28,31)(H,29,30)/t22-/m0/s1. The second-order valence-electron chi connectivity index (χ2n) is 7.22. The molecule has 0 radical (unpaired) electrons. The van der Waals surface area contributed by atoms with E-state index in [1.807, 2.05) is 36.4 Å². The van der Waals surface area contributed by atoms with Crippen molar-refractivity contribution in [1.82, 2.24) is 10.6 Å². The highest BCUT2D eigenvalue weighted by molar-refractivity contribution is 5.98. The maximum absolute atomic E-state index is 14.6. The SMILES string of the molecule is O=C(O)CC[C@H](NC(=O)c1ccc(-c2ccccc2)c(F)c1)C(=O)NCc1ccccc1. The first-order valence-corrected chi connectivity index (χ1v) is 10.1. The van der Waals surface area contributed by atoms with Crippen LogP contribution >= 0.6 is 0 Å². The number of halogens is 1. The number of nitrogens with one attached hydrogen (secondary N) is 2. The Kier molecular flexibility index (Phi) is 7.70. The smallest absolute Gasteiger partial charge is 0.303 e. The van der Waals surface area contributed by atoms with Crippen molar-refractivity contribution in [2.75, 3.05) is 0 Å². The highest BCUT2D eigenvalue weighted by Gasteiger charge is 2.23. The molecule has 0 bridgehead atoms.